The minimum Gasteiger partial charge on any atom is -0.356 e. The molecule has 2 aromatic carbocycles. The lowest BCUT2D eigenvalue weighted by Crippen LogP contribution is -2.17. The molecule has 1 aliphatic rings. The van der Waals surface area contributed by atoms with Crippen molar-refractivity contribution in [3.05, 3.63) is 77.4 Å². The fourth-order valence-corrected chi connectivity index (χ4v) is 2.76. The zero-order chi connectivity index (χ0) is 16.9. The van der Waals surface area contributed by atoms with E-state index >= 15 is 0 Å². The first-order chi connectivity index (χ1) is 11.7. The summed E-state index contributed by atoms with van der Waals surface area (Å²) in [5.41, 5.74) is 2.99. The van der Waals surface area contributed by atoms with Gasteiger partial charge < -0.3 is 10.6 Å². The minimum atomic E-state index is -0.189. The van der Waals surface area contributed by atoms with Crippen LogP contribution < -0.4 is 10.6 Å². The molecule has 0 atom stereocenters. The number of benzene rings is 2. The highest BCUT2D eigenvalue weighted by molar-refractivity contribution is 8.03. The largest absolute Gasteiger partial charge is 0.356 e. The van der Waals surface area contributed by atoms with Crippen LogP contribution >= 0.6 is 11.8 Å². The van der Waals surface area contributed by atoms with Gasteiger partial charge in [-0.1, -0.05) is 18.2 Å². The van der Waals surface area contributed by atoms with Crippen LogP contribution in [0.3, 0.4) is 0 Å². The van der Waals surface area contributed by atoms with Crippen LogP contribution in [0.1, 0.15) is 0 Å². The number of nitrogens with one attached hydrogen (secondary N) is 2. The van der Waals surface area contributed by atoms with Crippen LogP contribution in [-0.2, 0) is 9.59 Å². The quantitative estimate of drug-likeness (QED) is 0.804. The summed E-state index contributed by atoms with van der Waals surface area (Å²) in [5.74, 6) is -0.336. The molecule has 0 amide bonds. The Hall–Kier alpha value is -2.79. The standard InChI is InChI=1S/C19H16N2O2S/c1-24-19-12-17(22)16(11-18(19)23)21-15-9-7-14(8-10-15)20-13-5-3-2-4-6-13/h2-12,20-21H,1H3. The number of carbonyl (C=O) groups is 2. The van der Waals surface area contributed by atoms with Gasteiger partial charge >= 0.3 is 0 Å². The van der Waals surface area contributed by atoms with Gasteiger partial charge in [0.15, 0.2) is 5.78 Å². The van der Waals surface area contributed by atoms with Crippen molar-refractivity contribution in [3.8, 4) is 0 Å². The summed E-state index contributed by atoms with van der Waals surface area (Å²) >= 11 is 1.28. The van der Waals surface area contributed by atoms with E-state index in [9.17, 15) is 9.59 Å². The molecule has 0 radical (unpaired) electrons. The molecule has 0 bridgehead atoms. The molecule has 4 nitrogen and oxygen atoms in total. The number of carbonyl (C=O) groups excluding carboxylic acids is 2. The lowest BCUT2D eigenvalue weighted by Gasteiger charge is -2.13. The summed E-state index contributed by atoms with van der Waals surface area (Å²) in [6.45, 7) is 0. The number of ketones is 2. The third-order valence-corrected chi connectivity index (χ3v) is 4.25. The van der Waals surface area contributed by atoms with Gasteiger partial charge in [0.2, 0.25) is 5.78 Å². The number of hydrogen-bond donors (Lipinski definition) is 2. The Kier molecular flexibility index (Phi) is 4.82. The highest BCUT2D eigenvalue weighted by atomic mass is 32.2. The molecule has 2 aromatic rings. The Morgan fingerprint density at radius 3 is 1.92 bits per heavy atom. The molecule has 120 valence electrons. The Bertz CT molecular complexity index is 824. The maximum atomic E-state index is 12.0. The van der Waals surface area contributed by atoms with E-state index in [1.165, 1.54) is 23.9 Å². The number of para-hydroxylation sites is 1. The van der Waals surface area contributed by atoms with E-state index in [4.69, 9.17) is 0 Å². The molecule has 0 fully saturated rings. The van der Waals surface area contributed by atoms with E-state index < -0.39 is 0 Å². The van der Waals surface area contributed by atoms with Crippen LogP contribution in [-0.4, -0.2) is 17.8 Å². The van der Waals surface area contributed by atoms with Gasteiger partial charge in [0.1, 0.15) is 0 Å². The smallest absolute Gasteiger partial charge is 0.203 e. The number of anilines is 3. The maximum absolute atomic E-state index is 12.0. The monoisotopic (exact) mass is 336 g/mol. The first-order valence-electron chi connectivity index (χ1n) is 7.41. The van der Waals surface area contributed by atoms with Crippen molar-refractivity contribution in [2.45, 2.75) is 0 Å². The lowest BCUT2D eigenvalue weighted by molar-refractivity contribution is -0.114. The Balaban J connectivity index is 1.69. The number of allylic oxidation sites excluding steroid dienone is 3. The van der Waals surface area contributed by atoms with Crippen LogP contribution in [0, 0.1) is 0 Å². The van der Waals surface area contributed by atoms with Crippen molar-refractivity contribution in [1.82, 2.24) is 0 Å². The Morgan fingerprint density at radius 1 is 0.708 bits per heavy atom. The first kappa shape index (κ1) is 16.1. The number of hydrogen-bond acceptors (Lipinski definition) is 5. The predicted octanol–water partition coefficient (Wildman–Crippen LogP) is 4.12. The molecular formula is C19H16N2O2S. The fourth-order valence-electron chi connectivity index (χ4n) is 2.28. The molecule has 3 rings (SSSR count). The van der Waals surface area contributed by atoms with Crippen LogP contribution in [0.5, 0.6) is 0 Å². The van der Waals surface area contributed by atoms with Crippen LogP contribution in [0.2, 0.25) is 0 Å². The zero-order valence-corrected chi connectivity index (χ0v) is 13.9. The summed E-state index contributed by atoms with van der Waals surface area (Å²) in [6, 6.07) is 17.4. The van der Waals surface area contributed by atoms with E-state index in [0.29, 0.717) is 10.6 Å². The summed E-state index contributed by atoms with van der Waals surface area (Å²) in [4.78, 5) is 24.4. The van der Waals surface area contributed by atoms with E-state index in [1.807, 2.05) is 54.6 Å². The maximum Gasteiger partial charge on any atom is 0.203 e. The summed E-state index contributed by atoms with van der Waals surface area (Å²) in [6.07, 6.45) is 4.51. The molecule has 0 aliphatic heterocycles. The molecule has 1 aliphatic carbocycles. The minimum absolute atomic E-state index is 0.146. The topological polar surface area (TPSA) is 58.2 Å². The molecular weight excluding hydrogens is 320 g/mol. The van der Waals surface area contributed by atoms with Crippen molar-refractivity contribution in [3.63, 3.8) is 0 Å². The molecule has 5 heteroatoms. The van der Waals surface area contributed by atoms with Crippen molar-refractivity contribution < 1.29 is 9.59 Å². The SMILES string of the molecule is CSC1=CC(=O)C(Nc2ccc(Nc3ccccc3)cc2)=CC1=O. The molecule has 2 N–H and O–H groups in total. The van der Waals surface area contributed by atoms with Crippen molar-refractivity contribution in [2.24, 2.45) is 0 Å². The van der Waals surface area contributed by atoms with Crippen molar-refractivity contribution in [1.29, 1.82) is 0 Å². The second-order valence-electron chi connectivity index (χ2n) is 5.19. The molecule has 24 heavy (non-hydrogen) atoms. The van der Waals surface area contributed by atoms with E-state index in [-0.39, 0.29) is 11.6 Å². The second kappa shape index (κ2) is 7.19. The molecule has 0 saturated heterocycles. The van der Waals surface area contributed by atoms with Crippen LogP contribution in [0.4, 0.5) is 17.1 Å². The van der Waals surface area contributed by atoms with Gasteiger partial charge in [0.25, 0.3) is 0 Å². The first-order valence-corrected chi connectivity index (χ1v) is 8.63. The molecule has 0 unspecified atom stereocenters. The van der Waals surface area contributed by atoms with Gasteiger partial charge in [-0.2, -0.15) is 0 Å². The molecule has 0 aromatic heterocycles. The lowest BCUT2D eigenvalue weighted by atomic mass is 10.1. The third-order valence-electron chi connectivity index (χ3n) is 3.49. The fraction of sp³-hybridized carbons (Fsp3) is 0.0526. The van der Waals surface area contributed by atoms with E-state index in [1.54, 1.807) is 6.26 Å². The average Bonchev–Trinajstić information content (AvgIpc) is 2.60. The third kappa shape index (κ3) is 3.75. The van der Waals surface area contributed by atoms with Gasteiger partial charge in [-0.3, -0.25) is 9.59 Å². The normalized spacial score (nSPS) is 14.0. The van der Waals surface area contributed by atoms with Gasteiger partial charge in [0, 0.05) is 29.2 Å². The van der Waals surface area contributed by atoms with Gasteiger partial charge in [-0.05, 0) is 42.7 Å². The molecule has 0 spiro atoms. The van der Waals surface area contributed by atoms with E-state index in [2.05, 4.69) is 10.6 Å². The van der Waals surface area contributed by atoms with Crippen LogP contribution in [0.15, 0.2) is 77.4 Å². The summed E-state index contributed by atoms with van der Waals surface area (Å²) < 4.78 is 0. The highest BCUT2D eigenvalue weighted by Gasteiger charge is 2.19. The predicted molar refractivity (Wildman–Crippen MR) is 99.5 cm³/mol. The molecule has 0 saturated carbocycles. The summed E-state index contributed by atoms with van der Waals surface area (Å²) in [5, 5.41) is 6.29. The Morgan fingerprint density at radius 2 is 1.29 bits per heavy atom. The second-order valence-corrected chi connectivity index (χ2v) is 6.04. The zero-order valence-electron chi connectivity index (χ0n) is 13.1. The Labute approximate surface area is 144 Å². The van der Waals surface area contributed by atoms with Crippen molar-refractivity contribution in [2.75, 3.05) is 16.9 Å². The average molecular weight is 336 g/mol. The van der Waals surface area contributed by atoms with Crippen LogP contribution in [0.25, 0.3) is 0 Å². The summed E-state index contributed by atoms with van der Waals surface area (Å²) in [7, 11) is 0. The van der Waals surface area contributed by atoms with E-state index in [0.717, 1.165) is 17.1 Å². The highest BCUT2D eigenvalue weighted by Crippen LogP contribution is 2.23. The van der Waals surface area contributed by atoms with Crippen molar-refractivity contribution >= 4 is 40.4 Å². The number of rotatable bonds is 5. The van der Waals surface area contributed by atoms with Gasteiger partial charge in [-0.25, -0.2) is 0 Å². The number of thioether (sulfide) groups is 1. The van der Waals surface area contributed by atoms with Gasteiger partial charge in [0.05, 0.1) is 10.6 Å². The van der Waals surface area contributed by atoms with Gasteiger partial charge in [-0.15, -0.1) is 11.8 Å². The molecule has 0 heterocycles.